The van der Waals surface area contributed by atoms with Crippen LogP contribution in [0.1, 0.15) is 4.88 Å². The lowest BCUT2D eigenvalue weighted by atomic mass is 10.5. The number of aromatic nitrogens is 1. The van der Waals surface area contributed by atoms with Gasteiger partial charge < -0.3 is 15.8 Å². The van der Waals surface area contributed by atoms with Crippen molar-refractivity contribution in [1.82, 2.24) is 10.3 Å². The van der Waals surface area contributed by atoms with Crippen LogP contribution in [0, 0.1) is 0 Å². The third-order valence-electron chi connectivity index (χ3n) is 1.31. The van der Waals surface area contributed by atoms with Crippen molar-refractivity contribution in [1.29, 1.82) is 0 Å². The number of primary amides is 1. The van der Waals surface area contributed by atoms with Gasteiger partial charge in [0, 0.05) is 24.2 Å². The summed E-state index contributed by atoms with van der Waals surface area (Å²) in [6, 6.07) is 0. The molecular weight excluding hydrogens is 190 g/mol. The minimum Gasteiger partial charge on any atom is -0.448 e. The molecule has 0 saturated heterocycles. The first-order valence-electron chi connectivity index (χ1n) is 3.79. The van der Waals surface area contributed by atoms with Crippen LogP contribution in [0.4, 0.5) is 4.79 Å². The highest BCUT2D eigenvalue weighted by molar-refractivity contribution is 7.09. The number of nitrogens with one attached hydrogen (secondary N) is 1. The topological polar surface area (TPSA) is 77.2 Å². The first-order valence-corrected chi connectivity index (χ1v) is 4.67. The summed E-state index contributed by atoms with van der Waals surface area (Å²) in [7, 11) is 0. The molecule has 1 amide bonds. The van der Waals surface area contributed by atoms with Gasteiger partial charge in [0.2, 0.25) is 0 Å². The monoisotopic (exact) mass is 201 g/mol. The maximum Gasteiger partial charge on any atom is 0.404 e. The largest absolute Gasteiger partial charge is 0.448 e. The van der Waals surface area contributed by atoms with Crippen molar-refractivity contribution in [2.45, 2.75) is 6.54 Å². The summed E-state index contributed by atoms with van der Waals surface area (Å²) in [4.78, 5) is 15.2. The summed E-state index contributed by atoms with van der Waals surface area (Å²) in [5.74, 6) is 0. The Balaban J connectivity index is 1.99. The van der Waals surface area contributed by atoms with E-state index in [0.717, 1.165) is 11.4 Å². The number of amides is 1. The fourth-order valence-electron chi connectivity index (χ4n) is 0.765. The van der Waals surface area contributed by atoms with E-state index in [1.165, 1.54) is 0 Å². The van der Waals surface area contributed by atoms with E-state index in [1.807, 2.05) is 0 Å². The van der Waals surface area contributed by atoms with E-state index < -0.39 is 6.09 Å². The Kier molecular flexibility index (Phi) is 4.20. The molecule has 1 rings (SSSR count). The van der Waals surface area contributed by atoms with Gasteiger partial charge in [-0.2, -0.15) is 0 Å². The average molecular weight is 201 g/mol. The van der Waals surface area contributed by atoms with Crippen LogP contribution in [0.25, 0.3) is 0 Å². The number of thiazole rings is 1. The first-order chi connectivity index (χ1) is 6.29. The van der Waals surface area contributed by atoms with Gasteiger partial charge in [-0.15, -0.1) is 11.3 Å². The molecular formula is C7H11N3O2S. The molecule has 72 valence electrons. The Labute approximate surface area is 79.9 Å². The number of rotatable bonds is 5. The number of ether oxygens (including phenoxy) is 1. The summed E-state index contributed by atoms with van der Waals surface area (Å²) in [5.41, 5.74) is 6.55. The van der Waals surface area contributed by atoms with Crippen molar-refractivity contribution in [3.05, 3.63) is 16.6 Å². The fourth-order valence-corrected chi connectivity index (χ4v) is 1.33. The maximum absolute atomic E-state index is 10.2. The molecule has 0 aliphatic carbocycles. The molecule has 1 heterocycles. The summed E-state index contributed by atoms with van der Waals surface area (Å²) >= 11 is 1.58. The summed E-state index contributed by atoms with van der Waals surface area (Å²) in [5, 5.41) is 3.08. The van der Waals surface area contributed by atoms with Gasteiger partial charge in [0.05, 0.1) is 5.51 Å². The molecule has 0 unspecified atom stereocenters. The molecule has 0 bridgehead atoms. The van der Waals surface area contributed by atoms with Crippen molar-refractivity contribution in [2.75, 3.05) is 13.2 Å². The molecule has 0 aliphatic rings. The maximum atomic E-state index is 10.2. The molecule has 1 aromatic heterocycles. The molecule has 13 heavy (non-hydrogen) atoms. The number of hydrogen-bond acceptors (Lipinski definition) is 5. The summed E-state index contributed by atoms with van der Waals surface area (Å²) < 4.78 is 4.53. The van der Waals surface area contributed by atoms with Crippen molar-refractivity contribution >= 4 is 17.4 Å². The molecule has 0 radical (unpaired) electrons. The molecule has 5 nitrogen and oxygen atoms in total. The van der Waals surface area contributed by atoms with E-state index in [0.29, 0.717) is 13.2 Å². The second-order valence-electron chi connectivity index (χ2n) is 2.31. The molecule has 3 N–H and O–H groups in total. The van der Waals surface area contributed by atoms with E-state index in [2.05, 4.69) is 15.0 Å². The predicted octanol–water partition coefficient (Wildman–Crippen LogP) is 0.328. The number of hydrogen-bond donors (Lipinski definition) is 2. The van der Waals surface area contributed by atoms with Gasteiger partial charge in [0.15, 0.2) is 0 Å². The lowest BCUT2D eigenvalue weighted by Gasteiger charge is -2.02. The first kappa shape index (κ1) is 9.94. The highest BCUT2D eigenvalue weighted by atomic mass is 32.1. The summed E-state index contributed by atoms with van der Waals surface area (Å²) in [6.07, 6.45) is 1.06. The highest BCUT2D eigenvalue weighted by Gasteiger charge is 1.95. The van der Waals surface area contributed by atoms with E-state index in [-0.39, 0.29) is 0 Å². The van der Waals surface area contributed by atoms with Crippen LogP contribution in [-0.4, -0.2) is 24.2 Å². The van der Waals surface area contributed by atoms with Gasteiger partial charge in [-0.25, -0.2) is 4.79 Å². The van der Waals surface area contributed by atoms with Crippen molar-refractivity contribution in [3.63, 3.8) is 0 Å². The number of nitrogens with zero attached hydrogens (tertiary/aromatic N) is 1. The van der Waals surface area contributed by atoms with Crippen molar-refractivity contribution in [3.8, 4) is 0 Å². The highest BCUT2D eigenvalue weighted by Crippen LogP contribution is 2.03. The van der Waals surface area contributed by atoms with E-state index in [4.69, 9.17) is 5.73 Å². The third-order valence-corrected chi connectivity index (χ3v) is 2.09. The minimum absolute atomic E-state index is 0.300. The van der Waals surface area contributed by atoms with Gasteiger partial charge in [0.25, 0.3) is 0 Å². The zero-order valence-corrected chi connectivity index (χ0v) is 7.84. The zero-order chi connectivity index (χ0) is 9.52. The second-order valence-corrected chi connectivity index (χ2v) is 3.28. The van der Waals surface area contributed by atoms with E-state index >= 15 is 0 Å². The molecule has 0 spiro atoms. The van der Waals surface area contributed by atoms with Crippen LogP contribution in [0.2, 0.25) is 0 Å². The smallest absolute Gasteiger partial charge is 0.404 e. The standard InChI is InChI=1S/C7H11N3O2S/c8-7(11)12-2-1-9-3-6-4-10-5-13-6/h4-5,9H,1-3H2,(H2,8,11). The van der Waals surface area contributed by atoms with Crippen LogP contribution < -0.4 is 11.1 Å². The van der Waals surface area contributed by atoms with Crippen LogP contribution in [-0.2, 0) is 11.3 Å². The Bertz CT molecular complexity index is 250. The Morgan fingerprint density at radius 2 is 2.62 bits per heavy atom. The Morgan fingerprint density at radius 1 is 1.77 bits per heavy atom. The molecule has 0 atom stereocenters. The second kappa shape index (κ2) is 5.50. The van der Waals surface area contributed by atoms with Gasteiger partial charge in [0.1, 0.15) is 6.61 Å². The van der Waals surface area contributed by atoms with Gasteiger partial charge in [-0.3, -0.25) is 4.98 Å². The molecule has 1 aromatic rings. The number of carbonyl (C=O) groups is 1. The van der Waals surface area contributed by atoms with Gasteiger partial charge in [-0.05, 0) is 0 Å². The molecule has 0 aromatic carbocycles. The SMILES string of the molecule is NC(=O)OCCNCc1cncs1. The quantitative estimate of drug-likeness (QED) is 0.673. The van der Waals surface area contributed by atoms with Crippen LogP contribution in [0.5, 0.6) is 0 Å². The lowest BCUT2D eigenvalue weighted by Crippen LogP contribution is -2.22. The lowest BCUT2D eigenvalue weighted by molar-refractivity contribution is 0.157. The third kappa shape index (κ3) is 4.44. The van der Waals surface area contributed by atoms with E-state index in [1.54, 1.807) is 23.0 Å². The predicted molar refractivity (Wildman–Crippen MR) is 49.4 cm³/mol. The number of carbonyl (C=O) groups excluding carboxylic acids is 1. The van der Waals surface area contributed by atoms with Gasteiger partial charge >= 0.3 is 6.09 Å². The molecule has 0 aliphatic heterocycles. The molecule has 0 saturated carbocycles. The Hall–Kier alpha value is -1.14. The minimum atomic E-state index is -0.736. The Morgan fingerprint density at radius 3 is 3.23 bits per heavy atom. The van der Waals surface area contributed by atoms with Crippen molar-refractivity contribution in [2.24, 2.45) is 5.73 Å². The van der Waals surface area contributed by atoms with Gasteiger partial charge in [-0.1, -0.05) is 0 Å². The molecule has 0 fully saturated rings. The van der Waals surface area contributed by atoms with Crippen LogP contribution in [0.3, 0.4) is 0 Å². The average Bonchev–Trinajstić information content (AvgIpc) is 2.55. The molecule has 6 heteroatoms. The normalized spacial score (nSPS) is 9.85. The van der Waals surface area contributed by atoms with Crippen LogP contribution >= 0.6 is 11.3 Å². The fraction of sp³-hybridized carbons (Fsp3) is 0.429. The van der Waals surface area contributed by atoms with Crippen LogP contribution in [0.15, 0.2) is 11.7 Å². The van der Waals surface area contributed by atoms with Crippen molar-refractivity contribution < 1.29 is 9.53 Å². The zero-order valence-electron chi connectivity index (χ0n) is 7.03. The summed E-state index contributed by atoms with van der Waals surface area (Å²) in [6.45, 7) is 1.64. The van der Waals surface area contributed by atoms with E-state index in [9.17, 15) is 4.79 Å². The number of nitrogens with two attached hydrogens (primary N) is 1.